The molecule has 2 aromatic carbocycles. The van der Waals surface area contributed by atoms with Crippen LogP contribution >= 0.6 is 11.6 Å². The normalized spacial score (nSPS) is 13.3. The predicted molar refractivity (Wildman–Crippen MR) is 136 cm³/mol. The van der Waals surface area contributed by atoms with Gasteiger partial charge < -0.3 is 14.4 Å². The zero-order valence-corrected chi connectivity index (χ0v) is 20.7. The van der Waals surface area contributed by atoms with Crippen LogP contribution in [0, 0.1) is 6.92 Å². The number of aromatic nitrogens is 2. The number of likely N-dealkylation sites (N-methyl/N-ethyl adjacent to an activating group) is 1. The fourth-order valence-corrected chi connectivity index (χ4v) is 5.44. The van der Waals surface area contributed by atoms with Crippen LogP contribution in [0.15, 0.2) is 65.7 Å². The van der Waals surface area contributed by atoms with E-state index in [1.54, 1.807) is 43.5 Å². The van der Waals surface area contributed by atoms with E-state index < -0.39 is 10.0 Å². The molecule has 10 heteroatoms. The standard InChI is InChI=1S/C25H23ClN4O4S/c1-16-18(26)5-3-7-24(16)35(31,32)29-21-14-20-19(6-4-10-27-20)28-25(21)34-15-17-8-9-22-23(13-17)33-12-11-30(22)2/h3-10,13-14,29H,11-12,15H2,1-2H3. The fraction of sp³-hybridized carbons (Fsp3) is 0.200. The molecule has 5 rings (SSSR count). The van der Waals surface area contributed by atoms with E-state index >= 15 is 0 Å². The van der Waals surface area contributed by atoms with E-state index in [1.807, 2.05) is 25.2 Å². The number of anilines is 2. The van der Waals surface area contributed by atoms with Crippen LogP contribution in [0.3, 0.4) is 0 Å². The fourth-order valence-electron chi connectivity index (χ4n) is 3.89. The van der Waals surface area contributed by atoms with Crippen LogP contribution in [-0.2, 0) is 16.6 Å². The monoisotopic (exact) mass is 510 g/mol. The Morgan fingerprint density at radius 3 is 2.86 bits per heavy atom. The number of pyridine rings is 2. The van der Waals surface area contributed by atoms with Crippen molar-refractivity contribution in [3.05, 3.63) is 76.9 Å². The van der Waals surface area contributed by atoms with E-state index in [-0.39, 0.29) is 23.1 Å². The summed E-state index contributed by atoms with van der Waals surface area (Å²) in [6.07, 6.45) is 1.62. The number of nitrogens with one attached hydrogen (secondary N) is 1. The molecule has 0 saturated heterocycles. The topological polar surface area (TPSA) is 93.7 Å². The van der Waals surface area contributed by atoms with Crippen molar-refractivity contribution in [2.24, 2.45) is 0 Å². The van der Waals surface area contributed by atoms with Crippen LogP contribution in [0.1, 0.15) is 11.1 Å². The quantitative estimate of drug-likeness (QED) is 0.398. The Morgan fingerprint density at radius 1 is 1.14 bits per heavy atom. The summed E-state index contributed by atoms with van der Waals surface area (Å²) in [4.78, 5) is 11.0. The first-order valence-electron chi connectivity index (χ1n) is 11.0. The third-order valence-electron chi connectivity index (χ3n) is 5.80. The van der Waals surface area contributed by atoms with Crippen molar-refractivity contribution < 1.29 is 17.9 Å². The number of fused-ring (bicyclic) bond motifs is 2. The molecule has 3 heterocycles. The Hall–Kier alpha value is -3.56. The van der Waals surface area contributed by atoms with E-state index in [2.05, 4.69) is 19.6 Å². The molecular formula is C25H23ClN4O4S. The number of rotatable bonds is 6. The van der Waals surface area contributed by atoms with Crippen LogP contribution in [0.25, 0.3) is 11.0 Å². The molecule has 0 spiro atoms. The Kier molecular flexibility index (Phi) is 6.12. The molecule has 0 atom stereocenters. The van der Waals surface area contributed by atoms with E-state index in [4.69, 9.17) is 21.1 Å². The second kappa shape index (κ2) is 9.24. The summed E-state index contributed by atoms with van der Waals surface area (Å²) in [7, 11) is -1.95. The molecule has 35 heavy (non-hydrogen) atoms. The SMILES string of the molecule is Cc1c(Cl)cccc1S(=O)(=O)Nc1cc2ncccc2nc1OCc1ccc2c(c1)OCCN2C. The molecule has 1 aliphatic heterocycles. The molecule has 0 saturated carbocycles. The maximum atomic E-state index is 13.2. The van der Waals surface area contributed by atoms with Crippen LogP contribution in [-0.4, -0.2) is 38.6 Å². The average molecular weight is 511 g/mol. The summed E-state index contributed by atoms with van der Waals surface area (Å²) in [5.74, 6) is 0.928. The maximum Gasteiger partial charge on any atom is 0.262 e. The van der Waals surface area contributed by atoms with Gasteiger partial charge in [0, 0.05) is 18.3 Å². The van der Waals surface area contributed by atoms with Crippen molar-refractivity contribution in [2.75, 3.05) is 29.8 Å². The highest BCUT2D eigenvalue weighted by Crippen LogP contribution is 2.33. The summed E-state index contributed by atoms with van der Waals surface area (Å²) >= 11 is 6.16. The van der Waals surface area contributed by atoms with Crippen LogP contribution in [0.2, 0.25) is 5.02 Å². The highest BCUT2D eigenvalue weighted by atomic mass is 35.5. The van der Waals surface area contributed by atoms with Crippen molar-refractivity contribution in [2.45, 2.75) is 18.4 Å². The number of ether oxygens (including phenoxy) is 2. The lowest BCUT2D eigenvalue weighted by Crippen LogP contribution is -2.28. The Labute approximate surface area is 208 Å². The largest absolute Gasteiger partial charge is 0.490 e. The van der Waals surface area contributed by atoms with Gasteiger partial charge in [0.1, 0.15) is 24.7 Å². The molecular weight excluding hydrogens is 488 g/mol. The van der Waals surface area contributed by atoms with Gasteiger partial charge in [-0.1, -0.05) is 23.7 Å². The first-order chi connectivity index (χ1) is 16.8. The zero-order chi connectivity index (χ0) is 24.6. The molecule has 0 bridgehead atoms. The number of hydrogen-bond acceptors (Lipinski definition) is 7. The molecule has 8 nitrogen and oxygen atoms in total. The molecule has 0 radical (unpaired) electrons. The van der Waals surface area contributed by atoms with Crippen molar-refractivity contribution in [1.29, 1.82) is 0 Å². The Balaban J connectivity index is 1.48. The first-order valence-corrected chi connectivity index (χ1v) is 12.8. The van der Waals surface area contributed by atoms with Gasteiger partial charge in [-0.3, -0.25) is 9.71 Å². The minimum Gasteiger partial charge on any atom is -0.490 e. The highest BCUT2D eigenvalue weighted by Gasteiger charge is 2.22. The number of benzene rings is 2. The Morgan fingerprint density at radius 2 is 2.00 bits per heavy atom. The van der Waals surface area contributed by atoms with Gasteiger partial charge in [-0.15, -0.1) is 0 Å². The molecule has 1 N–H and O–H groups in total. The minimum atomic E-state index is -3.97. The summed E-state index contributed by atoms with van der Waals surface area (Å²) < 4.78 is 40.9. The molecule has 0 fully saturated rings. The van der Waals surface area contributed by atoms with Crippen molar-refractivity contribution in [3.63, 3.8) is 0 Å². The minimum absolute atomic E-state index is 0.0769. The number of sulfonamides is 1. The molecule has 180 valence electrons. The van der Waals surface area contributed by atoms with Gasteiger partial charge in [0.25, 0.3) is 10.0 Å². The molecule has 0 unspecified atom stereocenters. The smallest absolute Gasteiger partial charge is 0.262 e. The van der Waals surface area contributed by atoms with E-state index in [1.165, 1.54) is 6.07 Å². The van der Waals surface area contributed by atoms with Gasteiger partial charge >= 0.3 is 0 Å². The maximum absolute atomic E-state index is 13.2. The molecule has 0 aliphatic carbocycles. The van der Waals surface area contributed by atoms with Gasteiger partial charge in [0.2, 0.25) is 5.88 Å². The molecule has 4 aromatic rings. The molecule has 2 aromatic heterocycles. The van der Waals surface area contributed by atoms with Gasteiger partial charge in [-0.2, -0.15) is 0 Å². The molecule has 0 amide bonds. The van der Waals surface area contributed by atoms with Gasteiger partial charge in [0.05, 0.1) is 28.2 Å². The van der Waals surface area contributed by atoms with Crippen LogP contribution in [0.4, 0.5) is 11.4 Å². The summed E-state index contributed by atoms with van der Waals surface area (Å²) in [5.41, 5.74) is 3.64. The predicted octanol–water partition coefficient (Wildman–Crippen LogP) is 4.80. The second-order valence-corrected chi connectivity index (χ2v) is 10.3. The Bertz CT molecular complexity index is 1530. The lowest BCUT2D eigenvalue weighted by molar-refractivity contribution is 0.291. The third kappa shape index (κ3) is 4.69. The lowest BCUT2D eigenvalue weighted by Gasteiger charge is -2.28. The van der Waals surface area contributed by atoms with Crippen LogP contribution in [0.5, 0.6) is 11.6 Å². The van der Waals surface area contributed by atoms with E-state index in [0.717, 1.165) is 23.5 Å². The van der Waals surface area contributed by atoms with Crippen molar-refractivity contribution in [1.82, 2.24) is 9.97 Å². The number of halogens is 1. The number of nitrogens with zero attached hydrogens (tertiary/aromatic N) is 3. The van der Waals surface area contributed by atoms with E-state index in [9.17, 15) is 8.42 Å². The zero-order valence-electron chi connectivity index (χ0n) is 19.2. The highest BCUT2D eigenvalue weighted by molar-refractivity contribution is 7.92. The van der Waals surface area contributed by atoms with Gasteiger partial charge in [0.15, 0.2) is 0 Å². The molecule has 1 aliphatic rings. The first kappa shape index (κ1) is 23.2. The van der Waals surface area contributed by atoms with Crippen molar-refractivity contribution >= 4 is 44.0 Å². The van der Waals surface area contributed by atoms with Crippen molar-refractivity contribution in [3.8, 4) is 11.6 Å². The summed E-state index contributed by atoms with van der Waals surface area (Å²) in [6.45, 7) is 3.27. The van der Waals surface area contributed by atoms with E-state index in [0.29, 0.717) is 28.2 Å². The second-order valence-electron chi connectivity index (χ2n) is 8.21. The van der Waals surface area contributed by atoms with Gasteiger partial charge in [-0.25, -0.2) is 13.4 Å². The van der Waals surface area contributed by atoms with Gasteiger partial charge in [-0.05, 0) is 60.5 Å². The third-order valence-corrected chi connectivity index (χ3v) is 7.72. The lowest BCUT2D eigenvalue weighted by atomic mass is 10.1. The summed E-state index contributed by atoms with van der Waals surface area (Å²) in [6, 6.07) is 15.8. The van der Waals surface area contributed by atoms with Crippen LogP contribution < -0.4 is 19.1 Å². The number of hydrogen-bond donors (Lipinski definition) is 1. The average Bonchev–Trinajstić information content (AvgIpc) is 2.84. The summed E-state index contributed by atoms with van der Waals surface area (Å²) in [5, 5.41) is 0.364.